The van der Waals surface area contributed by atoms with Gasteiger partial charge >= 0.3 is 0 Å². The Balaban J connectivity index is 3.18. The molecule has 0 atom stereocenters. The average Bonchev–Trinajstić information content (AvgIpc) is 2.14. The van der Waals surface area contributed by atoms with Gasteiger partial charge in [-0.3, -0.25) is 4.79 Å². The van der Waals surface area contributed by atoms with Crippen molar-refractivity contribution in [1.82, 2.24) is 10.6 Å². The molecular weight excluding hydrogens is 204 g/mol. The van der Waals surface area contributed by atoms with Gasteiger partial charge in [0.2, 0.25) is 5.91 Å². The van der Waals surface area contributed by atoms with Gasteiger partial charge in [0, 0.05) is 32.2 Å². The third-order valence-corrected chi connectivity index (χ3v) is 1.85. The number of hydrogen-bond acceptors (Lipinski definition) is 3. The molecule has 4 nitrogen and oxygen atoms in total. The highest BCUT2D eigenvalue weighted by Crippen LogP contribution is 1.91. The molecule has 0 aliphatic rings. The zero-order valence-electron chi connectivity index (χ0n) is 11.0. The second kappa shape index (κ2) is 9.60. The third kappa shape index (κ3) is 11.5. The van der Waals surface area contributed by atoms with Crippen LogP contribution in [0, 0.1) is 5.92 Å². The number of carbonyl (C=O) groups is 1. The maximum Gasteiger partial charge on any atom is 0.221 e. The Hall–Kier alpha value is -0.610. The smallest absolute Gasteiger partial charge is 0.221 e. The maximum atomic E-state index is 11.2. The minimum Gasteiger partial charge on any atom is -0.380 e. The summed E-state index contributed by atoms with van der Waals surface area (Å²) in [5, 5.41) is 6.03. The fourth-order valence-corrected chi connectivity index (χ4v) is 1.18. The quantitative estimate of drug-likeness (QED) is 0.584. The first kappa shape index (κ1) is 15.4. The van der Waals surface area contributed by atoms with E-state index >= 15 is 0 Å². The molecule has 0 unspecified atom stereocenters. The van der Waals surface area contributed by atoms with Gasteiger partial charge in [0.05, 0.1) is 6.61 Å². The molecule has 0 saturated heterocycles. The lowest BCUT2D eigenvalue weighted by Gasteiger charge is -2.09. The maximum absolute atomic E-state index is 11.2. The lowest BCUT2D eigenvalue weighted by Crippen LogP contribution is -2.33. The highest BCUT2D eigenvalue weighted by Gasteiger charge is 2.01. The van der Waals surface area contributed by atoms with Crippen molar-refractivity contribution in [2.45, 2.75) is 40.2 Å². The zero-order chi connectivity index (χ0) is 12.4. The molecule has 2 N–H and O–H groups in total. The molecule has 0 rings (SSSR count). The summed E-state index contributed by atoms with van der Waals surface area (Å²) in [4.78, 5) is 11.2. The van der Waals surface area contributed by atoms with E-state index in [0.29, 0.717) is 25.5 Å². The number of nitrogens with one attached hydrogen (secondary N) is 2. The van der Waals surface area contributed by atoms with Crippen molar-refractivity contribution in [3.05, 3.63) is 0 Å². The zero-order valence-corrected chi connectivity index (χ0v) is 11.0. The van der Waals surface area contributed by atoms with Crippen LogP contribution in [0.1, 0.15) is 34.1 Å². The van der Waals surface area contributed by atoms with E-state index in [-0.39, 0.29) is 11.9 Å². The van der Waals surface area contributed by atoms with Gasteiger partial charge in [-0.05, 0) is 19.8 Å². The first-order valence-corrected chi connectivity index (χ1v) is 6.10. The van der Waals surface area contributed by atoms with Crippen molar-refractivity contribution in [2.75, 3.05) is 26.3 Å². The van der Waals surface area contributed by atoms with Gasteiger partial charge in [-0.15, -0.1) is 0 Å². The largest absolute Gasteiger partial charge is 0.380 e. The van der Waals surface area contributed by atoms with E-state index in [0.717, 1.165) is 13.2 Å². The van der Waals surface area contributed by atoms with Gasteiger partial charge in [-0.1, -0.05) is 13.8 Å². The average molecular weight is 230 g/mol. The summed E-state index contributed by atoms with van der Waals surface area (Å²) < 4.78 is 5.40. The number of carbonyl (C=O) groups excluding carboxylic acids is 1. The summed E-state index contributed by atoms with van der Waals surface area (Å²) in [5.74, 6) is 0.683. The number of hydrogen-bond donors (Lipinski definition) is 2. The van der Waals surface area contributed by atoms with Crippen LogP contribution in [0.25, 0.3) is 0 Å². The Morgan fingerprint density at radius 1 is 1.19 bits per heavy atom. The molecular formula is C12H26N2O2. The minimum atomic E-state index is 0.102. The second-order valence-corrected chi connectivity index (χ2v) is 4.69. The van der Waals surface area contributed by atoms with E-state index in [1.54, 1.807) is 0 Å². The molecule has 0 bridgehead atoms. The van der Waals surface area contributed by atoms with Crippen molar-refractivity contribution in [1.29, 1.82) is 0 Å². The fourth-order valence-electron chi connectivity index (χ4n) is 1.18. The van der Waals surface area contributed by atoms with E-state index in [1.165, 1.54) is 0 Å². The molecule has 0 heterocycles. The van der Waals surface area contributed by atoms with E-state index in [2.05, 4.69) is 24.5 Å². The van der Waals surface area contributed by atoms with Crippen LogP contribution in [0.5, 0.6) is 0 Å². The van der Waals surface area contributed by atoms with Crippen LogP contribution >= 0.6 is 0 Å². The Morgan fingerprint density at radius 3 is 2.44 bits per heavy atom. The highest BCUT2D eigenvalue weighted by molar-refractivity contribution is 5.76. The highest BCUT2D eigenvalue weighted by atomic mass is 16.5. The molecule has 0 saturated carbocycles. The van der Waals surface area contributed by atoms with Gasteiger partial charge < -0.3 is 15.4 Å². The standard InChI is InChI=1S/C12H26N2O2/c1-10(2)9-16-8-7-13-6-5-12(15)14-11(3)4/h10-11,13H,5-9H2,1-4H3,(H,14,15). The van der Waals surface area contributed by atoms with Crippen molar-refractivity contribution in [3.8, 4) is 0 Å². The predicted molar refractivity (Wildman–Crippen MR) is 66.4 cm³/mol. The second-order valence-electron chi connectivity index (χ2n) is 4.69. The molecule has 0 aliphatic carbocycles. The Kier molecular flexibility index (Phi) is 9.24. The number of ether oxygens (including phenoxy) is 1. The molecule has 16 heavy (non-hydrogen) atoms. The Morgan fingerprint density at radius 2 is 1.88 bits per heavy atom. The van der Waals surface area contributed by atoms with Crippen LogP contribution in [0.3, 0.4) is 0 Å². The van der Waals surface area contributed by atoms with Gasteiger partial charge in [-0.2, -0.15) is 0 Å². The van der Waals surface area contributed by atoms with Crippen LogP contribution in [0.2, 0.25) is 0 Å². The number of amides is 1. The van der Waals surface area contributed by atoms with Crippen LogP contribution < -0.4 is 10.6 Å². The lowest BCUT2D eigenvalue weighted by atomic mass is 10.2. The van der Waals surface area contributed by atoms with Crippen molar-refractivity contribution < 1.29 is 9.53 Å². The van der Waals surface area contributed by atoms with Crippen LogP contribution in [-0.4, -0.2) is 38.3 Å². The lowest BCUT2D eigenvalue weighted by molar-refractivity contribution is -0.121. The predicted octanol–water partition coefficient (Wildman–Crippen LogP) is 1.16. The number of rotatable bonds is 9. The third-order valence-electron chi connectivity index (χ3n) is 1.85. The summed E-state index contributed by atoms with van der Waals surface area (Å²) in [6.07, 6.45) is 0.530. The molecule has 0 fully saturated rings. The van der Waals surface area contributed by atoms with Crippen molar-refractivity contribution in [2.24, 2.45) is 5.92 Å². The summed E-state index contributed by atoms with van der Waals surface area (Å²) in [6.45, 7) is 11.2. The van der Waals surface area contributed by atoms with Gasteiger partial charge in [-0.25, -0.2) is 0 Å². The molecule has 96 valence electrons. The minimum absolute atomic E-state index is 0.102. The SMILES string of the molecule is CC(C)COCCNCCC(=O)NC(C)C. The first-order valence-electron chi connectivity index (χ1n) is 6.10. The molecule has 1 amide bonds. The summed E-state index contributed by atoms with van der Waals surface area (Å²) >= 11 is 0. The molecule has 0 aromatic heterocycles. The topological polar surface area (TPSA) is 50.4 Å². The Bertz CT molecular complexity index is 182. The van der Waals surface area contributed by atoms with E-state index < -0.39 is 0 Å². The van der Waals surface area contributed by atoms with E-state index in [9.17, 15) is 4.79 Å². The van der Waals surface area contributed by atoms with Crippen molar-refractivity contribution >= 4 is 5.91 Å². The monoisotopic (exact) mass is 230 g/mol. The van der Waals surface area contributed by atoms with Gasteiger partial charge in [0.1, 0.15) is 0 Å². The molecule has 0 spiro atoms. The van der Waals surface area contributed by atoms with E-state index in [4.69, 9.17) is 4.74 Å². The first-order chi connectivity index (χ1) is 7.52. The summed E-state index contributed by atoms with van der Waals surface area (Å²) in [6, 6.07) is 0.224. The summed E-state index contributed by atoms with van der Waals surface area (Å²) in [5.41, 5.74) is 0. The molecule has 0 radical (unpaired) electrons. The van der Waals surface area contributed by atoms with Crippen LogP contribution in [-0.2, 0) is 9.53 Å². The van der Waals surface area contributed by atoms with Crippen molar-refractivity contribution in [3.63, 3.8) is 0 Å². The van der Waals surface area contributed by atoms with Gasteiger partial charge in [0.15, 0.2) is 0 Å². The van der Waals surface area contributed by atoms with E-state index in [1.807, 2.05) is 13.8 Å². The summed E-state index contributed by atoms with van der Waals surface area (Å²) in [7, 11) is 0. The molecule has 0 aliphatic heterocycles. The fraction of sp³-hybridized carbons (Fsp3) is 0.917. The molecule has 4 heteroatoms. The normalized spacial score (nSPS) is 11.1. The van der Waals surface area contributed by atoms with Crippen LogP contribution in [0.15, 0.2) is 0 Å². The Labute approximate surface area is 99.1 Å². The molecule has 0 aromatic carbocycles. The van der Waals surface area contributed by atoms with Gasteiger partial charge in [0.25, 0.3) is 0 Å². The molecule has 0 aromatic rings. The van der Waals surface area contributed by atoms with Crippen LogP contribution in [0.4, 0.5) is 0 Å².